The third-order valence-corrected chi connectivity index (χ3v) is 4.01. The number of phenolic OH excluding ortho intramolecular Hbond substituents is 1. The minimum atomic E-state index is 0.0175. The van der Waals surface area contributed by atoms with Gasteiger partial charge in [0.2, 0.25) is 0 Å². The molecule has 2 unspecified atom stereocenters. The average Bonchev–Trinajstić information content (AvgIpc) is 2.45. The maximum absolute atomic E-state index is 12.4. The fourth-order valence-electron chi connectivity index (χ4n) is 2.83. The molecule has 4 heteroatoms. The van der Waals surface area contributed by atoms with Crippen molar-refractivity contribution in [3.63, 3.8) is 0 Å². The Morgan fingerprint density at radius 2 is 2.32 bits per heavy atom. The lowest BCUT2D eigenvalue weighted by Gasteiger charge is -2.38. The second-order valence-corrected chi connectivity index (χ2v) is 5.15. The number of rotatable bonds is 3. The van der Waals surface area contributed by atoms with E-state index in [1.165, 1.54) is 6.07 Å². The summed E-state index contributed by atoms with van der Waals surface area (Å²) in [5, 5.41) is 12.8. The summed E-state index contributed by atoms with van der Waals surface area (Å²) in [4.78, 5) is 14.3. The van der Waals surface area contributed by atoms with Crippen molar-refractivity contribution in [3.05, 3.63) is 29.8 Å². The van der Waals surface area contributed by atoms with Crippen LogP contribution in [0.1, 0.15) is 30.1 Å². The van der Waals surface area contributed by atoms with Crippen LogP contribution in [0.15, 0.2) is 24.3 Å². The van der Waals surface area contributed by atoms with E-state index in [1.54, 1.807) is 18.2 Å². The van der Waals surface area contributed by atoms with Gasteiger partial charge in [-0.25, -0.2) is 0 Å². The molecule has 1 fully saturated rings. The van der Waals surface area contributed by atoms with Gasteiger partial charge in [0.05, 0.1) is 0 Å². The molecule has 1 saturated heterocycles. The lowest BCUT2D eigenvalue weighted by Crippen LogP contribution is -2.50. The fraction of sp³-hybridized carbons (Fsp3) is 0.533. The average molecular weight is 262 g/mol. The van der Waals surface area contributed by atoms with Gasteiger partial charge < -0.3 is 15.3 Å². The largest absolute Gasteiger partial charge is 0.508 e. The Kier molecular flexibility index (Phi) is 4.43. The number of aromatic hydroxyl groups is 1. The van der Waals surface area contributed by atoms with Gasteiger partial charge in [-0.05, 0) is 37.6 Å². The highest BCUT2D eigenvalue weighted by atomic mass is 16.3. The molecule has 2 rings (SSSR count). The van der Waals surface area contributed by atoms with Gasteiger partial charge in [0.15, 0.2) is 0 Å². The molecule has 1 aromatic carbocycles. The number of hydrogen-bond acceptors (Lipinski definition) is 3. The maximum Gasteiger partial charge on any atom is 0.253 e. The van der Waals surface area contributed by atoms with E-state index < -0.39 is 0 Å². The summed E-state index contributed by atoms with van der Waals surface area (Å²) < 4.78 is 0. The zero-order valence-corrected chi connectivity index (χ0v) is 11.6. The van der Waals surface area contributed by atoms with E-state index in [-0.39, 0.29) is 11.7 Å². The lowest BCUT2D eigenvalue weighted by atomic mass is 9.89. The third kappa shape index (κ3) is 3.07. The topological polar surface area (TPSA) is 52.6 Å². The molecular formula is C15H22N2O2. The van der Waals surface area contributed by atoms with Gasteiger partial charge in [-0.2, -0.15) is 0 Å². The van der Waals surface area contributed by atoms with Crippen LogP contribution in [0.4, 0.5) is 0 Å². The van der Waals surface area contributed by atoms with Crippen LogP contribution in [0.2, 0.25) is 0 Å². The second kappa shape index (κ2) is 6.06. The predicted octanol–water partition coefficient (Wildman–Crippen LogP) is 1.85. The van der Waals surface area contributed by atoms with Crippen LogP contribution in [0.25, 0.3) is 0 Å². The molecule has 0 radical (unpaired) electrons. The Hall–Kier alpha value is -1.55. The van der Waals surface area contributed by atoms with Crippen LogP contribution in [-0.4, -0.2) is 42.1 Å². The molecule has 0 aromatic heterocycles. The van der Waals surface area contributed by atoms with E-state index in [1.807, 2.05) is 11.9 Å². The zero-order chi connectivity index (χ0) is 13.8. The summed E-state index contributed by atoms with van der Waals surface area (Å²) in [5.74, 6) is 0.659. The monoisotopic (exact) mass is 262 g/mol. The van der Waals surface area contributed by atoms with Crippen molar-refractivity contribution in [2.24, 2.45) is 5.92 Å². The van der Waals surface area contributed by atoms with Crippen molar-refractivity contribution in [2.45, 2.75) is 25.8 Å². The highest BCUT2D eigenvalue weighted by molar-refractivity contribution is 5.94. The number of benzene rings is 1. The Morgan fingerprint density at radius 3 is 2.95 bits per heavy atom. The zero-order valence-electron chi connectivity index (χ0n) is 11.6. The number of carbonyl (C=O) groups is 1. The molecule has 0 aliphatic carbocycles. The minimum Gasteiger partial charge on any atom is -0.508 e. The summed E-state index contributed by atoms with van der Waals surface area (Å²) in [6.45, 7) is 3.73. The standard InChI is InChI=1S/C15H22N2O2/c1-3-11-10-17(8-7-14(11)16-2)15(19)12-5-4-6-13(18)9-12/h4-6,9,11,14,16,18H,3,7-8,10H2,1-2H3. The van der Waals surface area contributed by atoms with Crippen LogP contribution in [0.5, 0.6) is 5.75 Å². The molecular weight excluding hydrogens is 240 g/mol. The number of nitrogens with zero attached hydrogens (tertiary/aromatic N) is 1. The van der Waals surface area contributed by atoms with Gasteiger partial charge in [0.25, 0.3) is 5.91 Å². The fourth-order valence-corrected chi connectivity index (χ4v) is 2.83. The smallest absolute Gasteiger partial charge is 0.253 e. The lowest BCUT2D eigenvalue weighted by molar-refractivity contribution is 0.0631. The number of carbonyl (C=O) groups excluding carboxylic acids is 1. The highest BCUT2D eigenvalue weighted by Gasteiger charge is 2.29. The van der Waals surface area contributed by atoms with Gasteiger partial charge in [-0.1, -0.05) is 19.4 Å². The minimum absolute atomic E-state index is 0.0175. The predicted molar refractivity (Wildman–Crippen MR) is 75.3 cm³/mol. The normalized spacial score (nSPS) is 23.4. The molecule has 0 bridgehead atoms. The van der Waals surface area contributed by atoms with Crippen molar-refractivity contribution in [1.82, 2.24) is 10.2 Å². The first-order valence-electron chi connectivity index (χ1n) is 6.91. The summed E-state index contributed by atoms with van der Waals surface area (Å²) in [6, 6.07) is 7.08. The van der Waals surface area contributed by atoms with E-state index >= 15 is 0 Å². The summed E-state index contributed by atoms with van der Waals surface area (Å²) >= 11 is 0. The van der Waals surface area contributed by atoms with E-state index in [0.29, 0.717) is 17.5 Å². The number of piperidine rings is 1. The Balaban J connectivity index is 2.08. The van der Waals surface area contributed by atoms with Gasteiger partial charge in [-0.3, -0.25) is 4.79 Å². The molecule has 1 aromatic rings. The first-order valence-corrected chi connectivity index (χ1v) is 6.91. The molecule has 104 valence electrons. The maximum atomic E-state index is 12.4. The van der Waals surface area contributed by atoms with E-state index in [0.717, 1.165) is 25.9 Å². The van der Waals surface area contributed by atoms with Crippen molar-refractivity contribution < 1.29 is 9.90 Å². The molecule has 1 heterocycles. The molecule has 2 atom stereocenters. The summed E-state index contributed by atoms with van der Waals surface area (Å²) in [5.41, 5.74) is 0.567. The van der Waals surface area contributed by atoms with Crippen LogP contribution >= 0.6 is 0 Å². The van der Waals surface area contributed by atoms with E-state index in [2.05, 4.69) is 12.2 Å². The van der Waals surface area contributed by atoms with Gasteiger partial charge in [-0.15, -0.1) is 0 Å². The molecule has 1 aliphatic rings. The van der Waals surface area contributed by atoms with Gasteiger partial charge in [0.1, 0.15) is 5.75 Å². The molecule has 0 spiro atoms. The van der Waals surface area contributed by atoms with Crippen LogP contribution in [0.3, 0.4) is 0 Å². The highest BCUT2D eigenvalue weighted by Crippen LogP contribution is 2.22. The van der Waals surface area contributed by atoms with Crippen molar-refractivity contribution >= 4 is 5.91 Å². The Morgan fingerprint density at radius 1 is 1.53 bits per heavy atom. The molecule has 4 nitrogen and oxygen atoms in total. The third-order valence-electron chi connectivity index (χ3n) is 4.01. The Labute approximate surface area is 114 Å². The van der Waals surface area contributed by atoms with Crippen molar-refractivity contribution in [2.75, 3.05) is 20.1 Å². The van der Waals surface area contributed by atoms with E-state index in [9.17, 15) is 9.90 Å². The van der Waals surface area contributed by atoms with Crippen molar-refractivity contribution in [3.8, 4) is 5.75 Å². The summed E-state index contributed by atoms with van der Waals surface area (Å²) in [6.07, 6.45) is 2.05. The molecule has 2 N–H and O–H groups in total. The molecule has 1 amide bonds. The number of hydrogen-bond donors (Lipinski definition) is 2. The quantitative estimate of drug-likeness (QED) is 0.874. The number of phenols is 1. The van der Waals surface area contributed by atoms with Crippen LogP contribution in [-0.2, 0) is 0 Å². The van der Waals surface area contributed by atoms with Crippen LogP contribution in [0, 0.1) is 5.92 Å². The van der Waals surface area contributed by atoms with Crippen molar-refractivity contribution in [1.29, 1.82) is 0 Å². The molecule has 1 aliphatic heterocycles. The van der Waals surface area contributed by atoms with Gasteiger partial charge in [0, 0.05) is 24.7 Å². The second-order valence-electron chi connectivity index (χ2n) is 5.15. The number of nitrogens with one attached hydrogen (secondary N) is 1. The molecule has 0 saturated carbocycles. The number of amides is 1. The first-order chi connectivity index (χ1) is 9.15. The first kappa shape index (κ1) is 13.9. The van der Waals surface area contributed by atoms with Gasteiger partial charge >= 0.3 is 0 Å². The van der Waals surface area contributed by atoms with Crippen LogP contribution < -0.4 is 5.32 Å². The van der Waals surface area contributed by atoms with E-state index in [4.69, 9.17) is 0 Å². The Bertz CT molecular complexity index is 448. The SMILES string of the molecule is CCC1CN(C(=O)c2cccc(O)c2)CCC1NC. The molecule has 19 heavy (non-hydrogen) atoms. The summed E-state index contributed by atoms with van der Waals surface area (Å²) in [7, 11) is 1.99. The number of likely N-dealkylation sites (tertiary alicyclic amines) is 1.